The molecule has 4 rings (SSSR count). The number of rotatable bonds is 4. The standard InChI is InChI=1S/C27H27N3O2/c1-17-12-13-21(14-19(17)3)24-15-27(32)30(25-11-6-5-9-23(25)28-24)16-26(31)29-22-10-7-8-18(2)20(22)4/h5-14H,15-16H2,1-4H3,(H,29,31). The monoisotopic (exact) mass is 425 g/mol. The van der Waals surface area contributed by atoms with Crippen LogP contribution in [0.15, 0.2) is 65.7 Å². The van der Waals surface area contributed by atoms with E-state index >= 15 is 0 Å². The number of amides is 2. The number of nitrogens with zero attached hydrogens (tertiary/aromatic N) is 2. The SMILES string of the molecule is Cc1ccc(C2=Nc3ccccc3N(CC(=O)Nc3cccc(C)c3C)C(=O)C2)cc1C. The summed E-state index contributed by atoms with van der Waals surface area (Å²) in [4.78, 5) is 32.5. The van der Waals surface area contributed by atoms with Gasteiger partial charge in [-0.15, -0.1) is 0 Å². The van der Waals surface area contributed by atoms with Gasteiger partial charge in [-0.1, -0.05) is 36.4 Å². The third-order valence-electron chi connectivity index (χ3n) is 6.07. The van der Waals surface area contributed by atoms with Crippen molar-refractivity contribution in [2.75, 3.05) is 16.8 Å². The van der Waals surface area contributed by atoms with Crippen LogP contribution in [0.2, 0.25) is 0 Å². The lowest BCUT2D eigenvalue weighted by molar-refractivity contribution is -0.120. The van der Waals surface area contributed by atoms with Crippen LogP contribution in [-0.4, -0.2) is 24.1 Å². The Hall–Kier alpha value is -3.73. The summed E-state index contributed by atoms with van der Waals surface area (Å²) in [6, 6.07) is 19.4. The fourth-order valence-corrected chi connectivity index (χ4v) is 3.83. The van der Waals surface area contributed by atoms with Gasteiger partial charge in [0.15, 0.2) is 0 Å². The van der Waals surface area contributed by atoms with E-state index in [-0.39, 0.29) is 24.8 Å². The molecule has 0 atom stereocenters. The number of para-hydroxylation sites is 2. The lowest BCUT2D eigenvalue weighted by atomic mass is 10.0. The molecule has 162 valence electrons. The highest BCUT2D eigenvalue weighted by molar-refractivity contribution is 6.19. The van der Waals surface area contributed by atoms with Gasteiger partial charge in [0.2, 0.25) is 11.8 Å². The summed E-state index contributed by atoms with van der Waals surface area (Å²) in [5.41, 5.74) is 8.20. The predicted molar refractivity (Wildman–Crippen MR) is 130 cm³/mol. The molecule has 0 spiro atoms. The van der Waals surface area contributed by atoms with Crippen LogP contribution in [0.4, 0.5) is 17.1 Å². The van der Waals surface area contributed by atoms with Crippen LogP contribution in [-0.2, 0) is 9.59 Å². The number of aryl methyl sites for hydroxylation is 3. The van der Waals surface area contributed by atoms with E-state index in [0.717, 1.165) is 27.9 Å². The maximum atomic E-state index is 13.3. The molecule has 0 bridgehead atoms. The number of nitrogens with one attached hydrogen (secondary N) is 1. The summed E-state index contributed by atoms with van der Waals surface area (Å²) >= 11 is 0. The Morgan fingerprint density at radius 2 is 1.72 bits per heavy atom. The molecule has 0 unspecified atom stereocenters. The molecule has 3 aromatic carbocycles. The molecule has 0 saturated heterocycles. The molecule has 1 aliphatic heterocycles. The van der Waals surface area contributed by atoms with Gasteiger partial charge in [-0.3, -0.25) is 14.6 Å². The molecule has 0 fully saturated rings. The zero-order valence-electron chi connectivity index (χ0n) is 18.9. The van der Waals surface area contributed by atoms with Gasteiger partial charge in [0, 0.05) is 5.69 Å². The Kier molecular flexibility index (Phi) is 5.91. The van der Waals surface area contributed by atoms with Crippen LogP contribution in [0.5, 0.6) is 0 Å². The first-order chi connectivity index (χ1) is 15.3. The van der Waals surface area contributed by atoms with E-state index in [0.29, 0.717) is 17.1 Å². The molecule has 1 heterocycles. The van der Waals surface area contributed by atoms with Crippen molar-refractivity contribution < 1.29 is 9.59 Å². The number of fused-ring (bicyclic) bond motifs is 1. The summed E-state index contributed by atoms with van der Waals surface area (Å²) in [6.45, 7) is 8.02. The summed E-state index contributed by atoms with van der Waals surface area (Å²) in [6.07, 6.45) is 0.133. The van der Waals surface area contributed by atoms with Crippen molar-refractivity contribution in [3.05, 3.63) is 88.5 Å². The zero-order chi connectivity index (χ0) is 22.8. The van der Waals surface area contributed by atoms with E-state index in [9.17, 15) is 9.59 Å². The first-order valence-corrected chi connectivity index (χ1v) is 10.7. The molecule has 5 heteroatoms. The number of hydrogen-bond donors (Lipinski definition) is 1. The van der Waals surface area contributed by atoms with Crippen molar-refractivity contribution in [1.29, 1.82) is 0 Å². The molecule has 3 aromatic rings. The van der Waals surface area contributed by atoms with E-state index in [1.807, 2.05) is 68.4 Å². The molecule has 32 heavy (non-hydrogen) atoms. The zero-order valence-corrected chi connectivity index (χ0v) is 18.9. The third kappa shape index (κ3) is 4.33. The topological polar surface area (TPSA) is 61.8 Å². The Labute approximate surface area is 188 Å². The molecule has 1 aliphatic rings. The number of aliphatic imine (C=N–C) groups is 1. The summed E-state index contributed by atoms with van der Waals surface area (Å²) < 4.78 is 0. The van der Waals surface area contributed by atoms with Crippen LogP contribution in [0, 0.1) is 27.7 Å². The van der Waals surface area contributed by atoms with Crippen molar-refractivity contribution in [2.24, 2.45) is 4.99 Å². The minimum Gasteiger partial charge on any atom is -0.324 e. The lowest BCUT2D eigenvalue weighted by Gasteiger charge is -2.22. The van der Waals surface area contributed by atoms with E-state index in [1.165, 1.54) is 10.5 Å². The average molecular weight is 426 g/mol. The minimum atomic E-state index is -0.239. The number of carbonyl (C=O) groups is 2. The Morgan fingerprint density at radius 1 is 0.938 bits per heavy atom. The van der Waals surface area contributed by atoms with Crippen LogP contribution in [0.3, 0.4) is 0 Å². The van der Waals surface area contributed by atoms with E-state index in [1.54, 1.807) is 0 Å². The Bertz CT molecular complexity index is 1240. The van der Waals surface area contributed by atoms with E-state index < -0.39 is 0 Å². The molecule has 1 N–H and O–H groups in total. The first-order valence-electron chi connectivity index (χ1n) is 10.7. The summed E-state index contributed by atoms with van der Waals surface area (Å²) in [5, 5.41) is 2.96. The molecule has 5 nitrogen and oxygen atoms in total. The average Bonchev–Trinajstić information content (AvgIpc) is 2.90. The van der Waals surface area contributed by atoms with Gasteiger partial charge < -0.3 is 10.2 Å². The first kappa shape index (κ1) is 21.5. The normalized spacial score (nSPS) is 13.3. The van der Waals surface area contributed by atoms with Gasteiger partial charge in [-0.05, 0) is 79.8 Å². The summed E-state index contributed by atoms with van der Waals surface area (Å²) in [5.74, 6) is -0.389. The highest BCUT2D eigenvalue weighted by Crippen LogP contribution is 2.33. The van der Waals surface area contributed by atoms with Crippen LogP contribution >= 0.6 is 0 Å². The smallest absolute Gasteiger partial charge is 0.244 e. The second-order valence-electron chi connectivity index (χ2n) is 8.30. The maximum absolute atomic E-state index is 13.3. The minimum absolute atomic E-state index is 0.0705. The summed E-state index contributed by atoms with van der Waals surface area (Å²) in [7, 11) is 0. The molecule has 0 radical (unpaired) electrons. The molecular formula is C27H27N3O2. The highest BCUT2D eigenvalue weighted by Gasteiger charge is 2.27. The van der Waals surface area contributed by atoms with Crippen LogP contribution in [0.25, 0.3) is 0 Å². The maximum Gasteiger partial charge on any atom is 0.244 e. The largest absolute Gasteiger partial charge is 0.324 e. The lowest BCUT2D eigenvalue weighted by Crippen LogP contribution is -2.38. The number of benzene rings is 3. The molecule has 0 aromatic heterocycles. The molecule has 0 saturated carbocycles. The number of anilines is 2. The van der Waals surface area contributed by atoms with Crippen molar-refractivity contribution in [3.63, 3.8) is 0 Å². The molecule has 0 aliphatic carbocycles. The van der Waals surface area contributed by atoms with Gasteiger partial charge in [-0.2, -0.15) is 0 Å². The third-order valence-corrected chi connectivity index (χ3v) is 6.07. The second-order valence-corrected chi connectivity index (χ2v) is 8.30. The van der Waals surface area contributed by atoms with Crippen molar-refractivity contribution in [2.45, 2.75) is 34.1 Å². The molecule has 2 amide bonds. The van der Waals surface area contributed by atoms with Crippen LogP contribution < -0.4 is 10.2 Å². The highest BCUT2D eigenvalue weighted by atomic mass is 16.2. The quantitative estimate of drug-likeness (QED) is 0.607. The fourth-order valence-electron chi connectivity index (χ4n) is 3.83. The van der Waals surface area contributed by atoms with Crippen molar-refractivity contribution in [1.82, 2.24) is 0 Å². The van der Waals surface area contributed by atoms with Crippen molar-refractivity contribution in [3.8, 4) is 0 Å². The van der Waals surface area contributed by atoms with Crippen LogP contribution in [0.1, 0.15) is 34.2 Å². The molecular weight excluding hydrogens is 398 g/mol. The Balaban J connectivity index is 1.63. The second kappa shape index (κ2) is 8.79. The van der Waals surface area contributed by atoms with E-state index in [4.69, 9.17) is 4.99 Å². The number of carbonyl (C=O) groups excluding carboxylic acids is 2. The van der Waals surface area contributed by atoms with Crippen molar-refractivity contribution >= 4 is 34.6 Å². The predicted octanol–water partition coefficient (Wildman–Crippen LogP) is 5.42. The van der Waals surface area contributed by atoms with Gasteiger partial charge in [0.25, 0.3) is 0 Å². The van der Waals surface area contributed by atoms with Gasteiger partial charge in [-0.25, -0.2) is 0 Å². The van der Waals surface area contributed by atoms with Gasteiger partial charge >= 0.3 is 0 Å². The van der Waals surface area contributed by atoms with E-state index in [2.05, 4.69) is 25.2 Å². The van der Waals surface area contributed by atoms with Gasteiger partial charge in [0.1, 0.15) is 6.54 Å². The fraction of sp³-hybridized carbons (Fsp3) is 0.222. The van der Waals surface area contributed by atoms with Gasteiger partial charge in [0.05, 0.1) is 23.5 Å². The Morgan fingerprint density at radius 3 is 2.50 bits per heavy atom. The number of hydrogen-bond acceptors (Lipinski definition) is 3.